The molecule has 0 unspecified atom stereocenters. The van der Waals surface area contributed by atoms with Crippen molar-refractivity contribution < 1.29 is 9.47 Å². The maximum absolute atomic E-state index is 5.87. The second-order valence-electron chi connectivity index (χ2n) is 8.01. The monoisotopic (exact) mass is 485 g/mol. The molecule has 186 valence electrons. The lowest BCUT2D eigenvalue weighted by molar-refractivity contribution is 0.223. The van der Waals surface area contributed by atoms with Crippen LogP contribution >= 0.6 is 0 Å². The van der Waals surface area contributed by atoms with Crippen LogP contribution in [0, 0.1) is 0 Å². The van der Waals surface area contributed by atoms with Crippen molar-refractivity contribution in [3.8, 4) is 34.0 Å². The van der Waals surface area contributed by atoms with Crippen LogP contribution in [0.2, 0.25) is 0 Å². The lowest BCUT2D eigenvalue weighted by Crippen LogP contribution is -2.27. The first-order valence-corrected chi connectivity index (χ1v) is 11.9. The summed E-state index contributed by atoms with van der Waals surface area (Å²) in [4.78, 5) is 20.0. The summed E-state index contributed by atoms with van der Waals surface area (Å²) < 4.78 is 11.3. The molecule has 36 heavy (non-hydrogen) atoms. The molecular formula is C27H31N7O2. The number of nitrogen functional groups attached to an aromatic ring is 1. The Kier molecular flexibility index (Phi) is 8.25. The lowest BCUT2D eigenvalue weighted by Gasteiger charge is -2.18. The Morgan fingerprint density at radius 2 is 1.61 bits per heavy atom. The number of para-hydroxylation sites is 2. The van der Waals surface area contributed by atoms with E-state index in [0.717, 1.165) is 47.8 Å². The van der Waals surface area contributed by atoms with E-state index in [1.54, 1.807) is 25.7 Å². The van der Waals surface area contributed by atoms with Crippen LogP contribution < -0.4 is 20.5 Å². The Labute approximate surface area is 211 Å². The van der Waals surface area contributed by atoms with Gasteiger partial charge in [0.15, 0.2) is 5.82 Å². The molecule has 0 saturated heterocycles. The quantitative estimate of drug-likeness (QED) is 0.313. The topological polar surface area (TPSA) is 111 Å². The molecule has 9 nitrogen and oxygen atoms in total. The largest absolute Gasteiger partial charge is 0.495 e. The van der Waals surface area contributed by atoms with Crippen molar-refractivity contribution in [1.82, 2.24) is 24.8 Å². The van der Waals surface area contributed by atoms with Crippen LogP contribution in [-0.4, -0.2) is 58.2 Å². The zero-order chi connectivity index (χ0) is 25.3. The van der Waals surface area contributed by atoms with Crippen LogP contribution in [0.15, 0.2) is 67.1 Å². The maximum atomic E-state index is 5.87. The molecule has 2 aromatic heterocycles. The molecule has 0 atom stereocenters. The van der Waals surface area contributed by atoms with Crippen LogP contribution in [0.3, 0.4) is 0 Å². The van der Waals surface area contributed by atoms with Crippen molar-refractivity contribution in [3.63, 3.8) is 0 Å². The van der Waals surface area contributed by atoms with Crippen molar-refractivity contribution >= 4 is 17.5 Å². The summed E-state index contributed by atoms with van der Waals surface area (Å²) in [5.41, 5.74) is 9.00. The van der Waals surface area contributed by atoms with Gasteiger partial charge in [-0.2, -0.15) is 4.98 Å². The first-order valence-electron chi connectivity index (χ1n) is 11.9. The Bertz CT molecular complexity index is 1260. The summed E-state index contributed by atoms with van der Waals surface area (Å²) in [5, 5.41) is 3.29. The van der Waals surface area contributed by atoms with Crippen LogP contribution in [0.4, 0.5) is 17.5 Å². The third kappa shape index (κ3) is 6.05. The molecule has 0 aliphatic rings. The average Bonchev–Trinajstić information content (AvgIpc) is 2.92. The molecular weight excluding hydrogens is 454 g/mol. The molecule has 9 heteroatoms. The number of benzene rings is 2. The smallest absolute Gasteiger partial charge is 0.221 e. The molecule has 0 aliphatic heterocycles. The third-order valence-corrected chi connectivity index (χ3v) is 5.81. The van der Waals surface area contributed by atoms with Gasteiger partial charge in [0.25, 0.3) is 0 Å². The van der Waals surface area contributed by atoms with Crippen molar-refractivity contribution in [3.05, 3.63) is 67.1 Å². The maximum Gasteiger partial charge on any atom is 0.221 e. The number of hydrogen-bond donors (Lipinski definition) is 2. The Hall–Kier alpha value is -4.24. The molecule has 0 bridgehead atoms. The highest BCUT2D eigenvalue weighted by molar-refractivity contribution is 5.79. The lowest BCUT2D eigenvalue weighted by atomic mass is 10.1. The molecule has 0 fully saturated rings. The standard InChI is InChI=1S/C27H31N7O2/c1-4-34(5-2)14-15-36-21-12-10-19(11-13-21)25-29-16-20(17-30-25)22-18-31-27(28)33-26(22)32-23-8-6-7-9-24(23)35-3/h6-13,16-18H,4-5,14-15H2,1-3H3,(H3,28,31,32,33). The predicted octanol–water partition coefficient (Wildman–Crippen LogP) is 4.66. The molecule has 3 N–H and O–H groups in total. The summed E-state index contributed by atoms with van der Waals surface area (Å²) in [5.74, 6) is 2.83. The number of ether oxygens (including phenoxy) is 2. The normalized spacial score (nSPS) is 10.9. The minimum Gasteiger partial charge on any atom is -0.495 e. The average molecular weight is 486 g/mol. The van der Waals surface area contributed by atoms with Gasteiger partial charge in [0.1, 0.15) is 23.9 Å². The zero-order valence-corrected chi connectivity index (χ0v) is 20.8. The van der Waals surface area contributed by atoms with E-state index < -0.39 is 0 Å². The molecule has 2 heterocycles. The minimum absolute atomic E-state index is 0.160. The van der Waals surface area contributed by atoms with Gasteiger partial charge in [0, 0.05) is 41.8 Å². The van der Waals surface area contributed by atoms with Gasteiger partial charge < -0.3 is 25.4 Å². The summed E-state index contributed by atoms with van der Waals surface area (Å²) in [6.07, 6.45) is 5.15. The molecule has 4 aromatic rings. The Balaban J connectivity index is 1.49. The van der Waals surface area contributed by atoms with Crippen LogP contribution in [0.25, 0.3) is 22.5 Å². The summed E-state index contributed by atoms with van der Waals surface area (Å²) in [6, 6.07) is 15.4. The van der Waals surface area contributed by atoms with Crippen LogP contribution in [-0.2, 0) is 0 Å². The van der Waals surface area contributed by atoms with E-state index >= 15 is 0 Å². The number of anilines is 3. The van der Waals surface area contributed by atoms with Gasteiger partial charge in [-0.15, -0.1) is 0 Å². The first-order chi connectivity index (χ1) is 17.6. The second-order valence-corrected chi connectivity index (χ2v) is 8.01. The first kappa shape index (κ1) is 24.9. The predicted molar refractivity (Wildman–Crippen MR) is 142 cm³/mol. The number of hydrogen-bond acceptors (Lipinski definition) is 9. The van der Waals surface area contributed by atoms with Gasteiger partial charge in [0.05, 0.1) is 12.8 Å². The summed E-state index contributed by atoms with van der Waals surface area (Å²) in [7, 11) is 1.62. The fraction of sp³-hybridized carbons (Fsp3) is 0.259. The van der Waals surface area contributed by atoms with Crippen molar-refractivity contribution in [2.24, 2.45) is 0 Å². The SMILES string of the molecule is CCN(CC)CCOc1ccc(-c2ncc(-c3cnc(N)nc3Nc3ccccc3OC)cn2)cc1. The third-order valence-electron chi connectivity index (χ3n) is 5.81. The molecule has 2 aromatic carbocycles. The molecule has 0 aliphatic carbocycles. The van der Waals surface area contributed by atoms with Crippen LogP contribution in [0.1, 0.15) is 13.8 Å². The number of methoxy groups -OCH3 is 1. The zero-order valence-electron chi connectivity index (χ0n) is 20.8. The summed E-state index contributed by atoms with van der Waals surface area (Å²) >= 11 is 0. The Morgan fingerprint density at radius 3 is 2.31 bits per heavy atom. The van der Waals surface area contributed by atoms with Gasteiger partial charge in [-0.3, -0.25) is 0 Å². The van der Waals surface area contributed by atoms with Gasteiger partial charge in [-0.1, -0.05) is 26.0 Å². The number of rotatable bonds is 11. The fourth-order valence-electron chi connectivity index (χ4n) is 3.73. The number of nitrogens with zero attached hydrogens (tertiary/aromatic N) is 5. The van der Waals surface area contributed by atoms with Crippen LogP contribution in [0.5, 0.6) is 11.5 Å². The number of aromatic nitrogens is 4. The van der Waals surface area contributed by atoms with Gasteiger partial charge >= 0.3 is 0 Å². The summed E-state index contributed by atoms with van der Waals surface area (Å²) in [6.45, 7) is 7.91. The fourth-order valence-corrected chi connectivity index (χ4v) is 3.73. The number of nitrogens with one attached hydrogen (secondary N) is 1. The van der Waals surface area contributed by atoms with E-state index in [1.165, 1.54) is 0 Å². The van der Waals surface area contributed by atoms with E-state index in [-0.39, 0.29) is 5.95 Å². The molecule has 0 amide bonds. The van der Waals surface area contributed by atoms with E-state index in [1.807, 2.05) is 48.5 Å². The van der Waals surface area contributed by atoms with E-state index in [4.69, 9.17) is 15.2 Å². The van der Waals surface area contributed by atoms with E-state index in [0.29, 0.717) is 24.0 Å². The van der Waals surface area contributed by atoms with Gasteiger partial charge in [-0.25, -0.2) is 15.0 Å². The van der Waals surface area contributed by atoms with Crippen molar-refractivity contribution in [2.75, 3.05) is 44.4 Å². The highest BCUT2D eigenvalue weighted by Gasteiger charge is 2.13. The van der Waals surface area contributed by atoms with E-state index in [9.17, 15) is 0 Å². The second kappa shape index (κ2) is 11.9. The molecule has 0 saturated carbocycles. The number of nitrogens with two attached hydrogens (primary N) is 1. The van der Waals surface area contributed by atoms with Crippen molar-refractivity contribution in [2.45, 2.75) is 13.8 Å². The molecule has 4 rings (SSSR count). The molecule has 0 radical (unpaired) electrons. The molecule has 0 spiro atoms. The highest BCUT2D eigenvalue weighted by Crippen LogP contribution is 2.32. The Morgan fingerprint density at radius 1 is 0.889 bits per heavy atom. The van der Waals surface area contributed by atoms with Crippen molar-refractivity contribution in [1.29, 1.82) is 0 Å². The highest BCUT2D eigenvalue weighted by atomic mass is 16.5. The van der Waals surface area contributed by atoms with Gasteiger partial charge in [0.2, 0.25) is 5.95 Å². The van der Waals surface area contributed by atoms with Gasteiger partial charge in [-0.05, 0) is 49.5 Å². The minimum atomic E-state index is 0.160. The van der Waals surface area contributed by atoms with E-state index in [2.05, 4.69) is 44.0 Å². The number of likely N-dealkylation sites (N-methyl/N-ethyl adjacent to an activating group) is 1.